The topological polar surface area (TPSA) is 72.1 Å². The van der Waals surface area contributed by atoms with Gasteiger partial charge in [0.05, 0.1) is 18.3 Å². The molecule has 3 rings (SSSR count). The van der Waals surface area contributed by atoms with Gasteiger partial charge in [-0.1, -0.05) is 17.7 Å². The number of fused-ring (bicyclic) bond motifs is 1. The van der Waals surface area contributed by atoms with Crippen LogP contribution in [0.5, 0.6) is 0 Å². The van der Waals surface area contributed by atoms with E-state index in [0.717, 1.165) is 16.8 Å². The number of anilines is 2. The van der Waals surface area contributed by atoms with E-state index in [4.69, 9.17) is 17.3 Å². The molecule has 0 saturated carbocycles. The quantitative estimate of drug-likeness (QED) is 0.862. The molecule has 0 saturated heterocycles. The second kappa shape index (κ2) is 4.20. The maximum atomic E-state index is 11.6. The third-order valence-electron chi connectivity index (χ3n) is 3.21. The van der Waals surface area contributed by atoms with E-state index in [1.165, 1.54) is 0 Å². The molecule has 6 heteroatoms. The fraction of sp³-hybridized carbons (Fsp3) is 0.154. The lowest BCUT2D eigenvalue weighted by Crippen LogP contribution is -2.20. The number of nitrogens with two attached hydrogens (primary N) is 1. The minimum atomic E-state index is 0.0913. The van der Waals surface area contributed by atoms with E-state index in [9.17, 15) is 4.79 Å². The van der Waals surface area contributed by atoms with Gasteiger partial charge >= 0.3 is 0 Å². The summed E-state index contributed by atoms with van der Waals surface area (Å²) in [6.07, 6.45) is 1.99. The Labute approximate surface area is 115 Å². The Morgan fingerprint density at radius 1 is 1.42 bits per heavy atom. The molecule has 5 nitrogen and oxygen atoms in total. The summed E-state index contributed by atoms with van der Waals surface area (Å²) in [5.41, 5.74) is 8.97. The van der Waals surface area contributed by atoms with Crippen molar-refractivity contribution in [2.24, 2.45) is 0 Å². The van der Waals surface area contributed by atoms with Crippen molar-refractivity contribution in [2.45, 2.75) is 6.42 Å². The molecule has 1 aromatic heterocycles. The molecule has 2 aromatic rings. The zero-order chi connectivity index (χ0) is 13.6. The number of likely N-dealkylation sites (N-methyl/N-ethyl adjacent to an activating group) is 1. The second-order valence-corrected chi connectivity index (χ2v) is 4.76. The normalized spacial score (nSPS) is 13.8. The Morgan fingerprint density at radius 2 is 2.21 bits per heavy atom. The van der Waals surface area contributed by atoms with Gasteiger partial charge in [-0.15, -0.1) is 0 Å². The van der Waals surface area contributed by atoms with Gasteiger partial charge in [0, 0.05) is 18.3 Å². The van der Waals surface area contributed by atoms with Crippen LogP contribution in [0.3, 0.4) is 0 Å². The second-order valence-electron chi connectivity index (χ2n) is 4.40. The highest BCUT2D eigenvalue weighted by Gasteiger charge is 2.24. The third kappa shape index (κ3) is 1.92. The van der Waals surface area contributed by atoms with E-state index in [0.29, 0.717) is 12.1 Å². The van der Waals surface area contributed by atoms with Gasteiger partial charge in [-0.05, 0) is 17.7 Å². The molecule has 1 aliphatic rings. The Kier molecular flexibility index (Phi) is 2.64. The average molecular weight is 275 g/mol. The largest absolute Gasteiger partial charge is 0.381 e. The molecular formula is C13H11ClN4O. The van der Waals surface area contributed by atoms with Crippen molar-refractivity contribution in [1.82, 2.24) is 9.97 Å². The van der Waals surface area contributed by atoms with E-state index in [-0.39, 0.29) is 16.9 Å². The highest BCUT2D eigenvalue weighted by Crippen LogP contribution is 2.31. The summed E-state index contributed by atoms with van der Waals surface area (Å²) in [5, 5.41) is 0.186. The van der Waals surface area contributed by atoms with Gasteiger partial charge in [-0.3, -0.25) is 4.79 Å². The van der Waals surface area contributed by atoms with Crippen molar-refractivity contribution < 1.29 is 4.79 Å². The molecule has 0 bridgehead atoms. The number of carbonyl (C=O) groups excluding carboxylic acids is 1. The molecular weight excluding hydrogens is 264 g/mol. The summed E-state index contributed by atoms with van der Waals surface area (Å²) in [5.74, 6) is 0.301. The van der Waals surface area contributed by atoms with Crippen molar-refractivity contribution in [3.8, 4) is 11.3 Å². The van der Waals surface area contributed by atoms with E-state index in [2.05, 4.69) is 9.97 Å². The summed E-state index contributed by atoms with van der Waals surface area (Å²) < 4.78 is 0. The zero-order valence-electron chi connectivity index (χ0n) is 10.2. The van der Waals surface area contributed by atoms with Gasteiger partial charge in [-0.25, -0.2) is 9.97 Å². The number of halogens is 1. The first kappa shape index (κ1) is 11.9. The number of hydrogen-bond donors (Lipinski definition) is 1. The van der Waals surface area contributed by atoms with Crippen molar-refractivity contribution in [3.63, 3.8) is 0 Å². The standard InChI is InChI=1S/C13H11ClN4O/c1-18-10-3-2-7(4-8(10)5-11(18)19)9-6-16-13(15)12(14)17-9/h2-4,6H,5H2,1H3,(H2,15,16). The first-order valence-corrected chi connectivity index (χ1v) is 6.12. The monoisotopic (exact) mass is 274 g/mol. The molecule has 1 amide bonds. The van der Waals surface area contributed by atoms with Crippen LogP contribution in [0, 0.1) is 0 Å². The highest BCUT2D eigenvalue weighted by atomic mass is 35.5. The van der Waals surface area contributed by atoms with Crippen LogP contribution in [0.4, 0.5) is 11.5 Å². The molecule has 2 N–H and O–H groups in total. The van der Waals surface area contributed by atoms with E-state index >= 15 is 0 Å². The molecule has 0 fully saturated rings. The van der Waals surface area contributed by atoms with Crippen LogP contribution in [0.1, 0.15) is 5.56 Å². The number of carbonyl (C=O) groups is 1. The third-order valence-corrected chi connectivity index (χ3v) is 3.49. The first-order chi connectivity index (χ1) is 9.06. The predicted octanol–water partition coefficient (Wildman–Crippen LogP) is 1.90. The van der Waals surface area contributed by atoms with Gasteiger partial charge < -0.3 is 10.6 Å². The Balaban J connectivity index is 2.06. The minimum Gasteiger partial charge on any atom is -0.381 e. The first-order valence-electron chi connectivity index (χ1n) is 5.74. The number of benzene rings is 1. The summed E-state index contributed by atoms with van der Waals surface area (Å²) in [7, 11) is 1.77. The summed E-state index contributed by atoms with van der Waals surface area (Å²) in [6.45, 7) is 0. The molecule has 1 aliphatic heterocycles. The Bertz CT molecular complexity index is 686. The molecule has 0 atom stereocenters. The Morgan fingerprint density at radius 3 is 2.95 bits per heavy atom. The maximum Gasteiger partial charge on any atom is 0.231 e. The van der Waals surface area contributed by atoms with Crippen LogP contribution in [0.25, 0.3) is 11.3 Å². The van der Waals surface area contributed by atoms with Gasteiger partial charge in [0.25, 0.3) is 0 Å². The molecule has 0 unspecified atom stereocenters. The summed E-state index contributed by atoms with van der Waals surface area (Å²) in [4.78, 5) is 21.5. The number of hydrogen-bond acceptors (Lipinski definition) is 4. The van der Waals surface area contributed by atoms with Crippen molar-refractivity contribution in [2.75, 3.05) is 17.7 Å². The van der Waals surface area contributed by atoms with Gasteiger partial charge in [-0.2, -0.15) is 0 Å². The van der Waals surface area contributed by atoms with Crippen LogP contribution in [-0.2, 0) is 11.2 Å². The number of nitrogens with zero attached hydrogens (tertiary/aromatic N) is 3. The Hall–Kier alpha value is -2.14. The fourth-order valence-corrected chi connectivity index (χ4v) is 2.28. The molecule has 1 aromatic carbocycles. The van der Waals surface area contributed by atoms with Crippen LogP contribution >= 0.6 is 11.6 Å². The molecule has 0 spiro atoms. The number of aromatic nitrogens is 2. The van der Waals surface area contributed by atoms with Crippen molar-refractivity contribution in [3.05, 3.63) is 35.1 Å². The number of rotatable bonds is 1. The van der Waals surface area contributed by atoms with Gasteiger partial charge in [0.15, 0.2) is 11.0 Å². The van der Waals surface area contributed by atoms with E-state index < -0.39 is 0 Å². The van der Waals surface area contributed by atoms with Gasteiger partial charge in [0.1, 0.15) is 0 Å². The average Bonchev–Trinajstić information content (AvgIpc) is 2.68. The predicted molar refractivity (Wildman–Crippen MR) is 74.0 cm³/mol. The molecule has 0 radical (unpaired) electrons. The maximum absolute atomic E-state index is 11.6. The highest BCUT2D eigenvalue weighted by molar-refractivity contribution is 6.31. The van der Waals surface area contributed by atoms with Crippen LogP contribution < -0.4 is 10.6 Å². The van der Waals surface area contributed by atoms with E-state index in [1.54, 1.807) is 18.1 Å². The fourth-order valence-electron chi connectivity index (χ4n) is 2.14. The van der Waals surface area contributed by atoms with Crippen molar-refractivity contribution >= 4 is 29.0 Å². The smallest absolute Gasteiger partial charge is 0.231 e. The lowest BCUT2D eigenvalue weighted by Gasteiger charge is -2.10. The van der Waals surface area contributed by atoms with E-state index in [1.807, 2.05) is 18.2 Å². The summed E-state index contributed by atoms with van der Waals surface area (Å²) in [6, 6.07) is 5.74. The number of amides is 1. The molecule has 0 aliphatic carbocycles. The molecule has 2 heterocycles. The van der Waals surface area contributed by atoms with Crippen LogP contribution in [0.15, 0.2) is 24.4 Å². The molecule has 19 heavy (non-hydrogen) atoms. The lowest BCUT2D eigenvalue weighted by molar-refractivity contribution is -0.117. The number of nitrogen functional groups attached to an aromatic ring is 1. The van der Waals surface area contributed by atoms with Crippen LogP contribution in [0.2, 0.25) is 5.15 Å². The molecule has 96 valence electrons. The minimum absolute atomic E-state index is 0.0913. The zero-order valence-corrected chi connectivity index (χ0v) is 11.0. The van der Waals surface area contributed by atoms with Crippen LogP contribution in [-0.4, -0.2) is 22.9 Å². The van der Waals surface area contributed by atoms with Gasteiger partial charge in [0.2, 0.25) is 5.91 Å². The summed E-state index contributed by atoms with van der Waals surface area (Å²) >= 11 is 5.87. The van der Waals surface area contributed by atoms with Crippen molar-refractivity contribution in [1.29, 1.82) is 0 Å². The SMILES string of the molecule is CN1C(=O)Cc2cc(-c3cnc(N)c(Cl)n3)ccc21. The lowest BCUT2D eigenvalue weighted by atomic mass is 10.1.